The fourth-order valence-corrected chi connectivity index (χ4v) is 3.62. The van der Waals surface area contributed by atoms with Crippen LogP contribution in [0.1, 0.15) is 24.0 Å². The van der Waals surface area contributed by atoms with Gasteiger partial charge < -0.3 is 15.8 Å². The van der Waals surface area contributed by atoms with Crippen molar-refractivity contribution in [2.24, 2.45) is 5.73 Å². The molecule has 25 heavy (non-hydrogen) atoms. The van der Waals surface area contributed by atoms with Crippen molar-refractivity contribution in [3.05, 3.63) is 23.3 Å². The molecule has 7 nitrogen and oxygen atoms in total. The van der Waals surface area contributed by atoms with Crippen molar-refractivity contribution in [2.75, 3.05) is 26.0 Å². The number of aryl methyl sites for hydroxylation is 1. The maximum Gasteiger partial charge on any atom is 0.253 e. The highest BCUT2D eigenvalue weighted by atomic mass is 35.5. The second-order valence-electron chi connectivity index (χ2n) is 6.25. The van der Waals surface area contributed by atoms with Crippen LogP contribution in [0.15, 0.2) is 17.0 Å². The summed E-state index contributed by atoms with van der Waals surface area (Å²) in [4.78, 5) is 12.5. The average molecular weight is 392 g/mol. The number of benzene rings is 1. The number of ether oxygens (including phenoxy) is 1. The number of nitrogens with two attached hydrogens (primary N) is 1. The number of rotatable bonds is 5. The molecule has 0 aliphatic carbocycles. The lowest BCUT2D eigenvalue weighted by Gasteiger charge is -2.18. The van der Waals surface area contributed by atoms with Crippen LogP contribution in [0.2, 0.25) is 0 Å². The monoisotopic (exact) mass is 391 g/mol. The summed E-state index contributed by atoms with van der Waals surface area (Å²) in [5.41, 5.74) is 7.67. The fraction of sp³-hybridized carbons (Fsp3) is 0.562. The molecule has 1 aliphatic heterocycles. The van der Waals surface area contributed by atoms with Crippen LogP contribution in [-0.4, -0.2) is 51.5 Å². The first-order chi connectivity index (χ1) is 11.2. The highest BCUT2D eigenvalue weighted by Gasteiger charge is 2.30. The van der Waals surface area contributed by atoms with Crippen LogP contribution in [-0.2, 0) is 19.6 Å². The van der Waals surface area contributed by atoms with E-state index in [0.717, 1.165) is 21.9 Å². The van der Waals surface area contributed by atoms with E-state index in [0.29, 0.717) is 18.7 Å². The van der Waals surface area contributed by atoms with Crippen molar-refractivity contribution in [1.82, 2.24) is 4.31 Å². The number of hydrogen-bond donors (Lipinski definition) is 2. The molecule has 0 radical (unpaired) electrons. The van der Waals surface area contributed by atoms with E-state index in [1.165, 1.54) is 20.2 Å². The lowest BCUT2D eigenvalue weighted by atomic mass is 10.1. The van der Waals surface area contributed by atoms with Crippen molar-refractivity contribution in [2.45, 2.75) is 43.8 Å². The van der Waals surface area contributed by atoms with Gasteiger partial charge in [-0.15, -0.1) is 12.4 Å². The summed E-state index contributed by atoms with van der Waals surface area (Å²) >= 11 is 0. The standard InChI is InChI=1S/C16H25N3O4S.ClH/c1-10-7-13(24(21,22)19(3)4)8-14(11(10)2)18-16(20)15-6-5-12(9-17)23-15;/h7-8,12,15H,5-6,9,17H2,1-4H3,(H,18,20);1H/t12-,15+;/m1./s1. The molecule has 1 aromatic rings. The van der Waals surface area contributed by atoms with E-state index >= 15 is 0 Å². The number of hydrogen-bond acceptors (Lipinski definition) is 5. The molecule has 1 saturated heterocycles. The van der Waals surface area contributed by atoms with Gasteiger partial charge in [0.25, 0.3) is 5.91 Å². The molecule has 142 valence electrons. The van der Waals surface area contributed by atoms with E-state index < -0.39 is 16.1 Å². The van der Waals surface area contributed by atoms with Crippen LogP contribution in [0.3, 0.4) is 0 Å². The Balaban J connectivity index is 0.00000312. The minimum absolute atomic E-state index is 0. The first-order valence-electron chi connectivity index (χ1n) is 7.87. The van der Waals surface area contributed by atoms with Gasteiger partial charge in [-0.1, -0.05) is 0 Å². The van der Waals surface area contributed by atoms with Crippen LogP contribution in [0.4, 0.5) is 5.69 Å². The van der Waals surface area contributed by atoms with Crippen LogP contribution in [0.5, 0.6) is 0 Å². The van der Waals surface area contributed by atoms with Crippen molar-refractivity contribution in [3.63, 3.8) is 0 Å². The molecule has 0 bridgehead atoms. The fourth-order valence-electron chi connectivity index (χ4n) is 2.60. The van der Waals surface area contributed by atoms with Crippen LogP contribution in [0.25, 0.3) is 0 Å². The summed E-state index contributed by atoms with van der Waals surface area (Å²) < 4.78 is 31.4. The number of carbonyl (C=O) groups is 1. The van der Waals surface area contributed by atoms with Gasteiger partial charge >= 0.3 is 0 Å². The van der Waals surface area contributed by atoms with Gasteiger partial charge in [0.15, 0.2) is 0 Å². The van der Waals surface area contributed by atoms with Gasteiger partial charge in [0.2, 0.25) is 10.0 Å². The van der Waals surface area contributed by atoms with Crippen LogP contribution >= 0.6 is 12.4 Å². The summed E-state index contributed by atoms with van der Waals surface area (Å²) in [5, 5.41) is 2.80. The second kappa shape index (κ2) is 8.46. The molecule has 2 atom stereocenters. The minimum Gasteiger partial charge on any atom is -0.364 e. The number of anilines is 1. The Morgan fingerprint density at radius 3 is 2.48 bits per heavy atom. The maximum atomic E-state index is 12.4. The third kappa shape index (κ3) is 4.71. The maximum absolute atomic E-state index is 12.4. The lowest BCUT2D eigenvalue weighted by Crippen LogP contribution is -2.30. The Morgan fingerprint density at radius 2 is 1.96 bits per heavy atom. The average Bonchev–Trinajstić information content (AvgIpc) is 3.00. The molecule has 0 unspecified atom stereocenters. The van der Waals surface area contributed by atoms with E-state index in [1.807, 2.05) is 13.8 Å². The van der Waals surface area contributed by atoms with Gasteiger partial charge in [-0.2, -0.15) is 0 Å². The summed E-state index contributed by atoms with van der Waals surface area (Å²) in [6.07, 6.45) is 0.722. The molecule has 1 fully saturated rings. The van der Waals surface area contributed by atoms with Gasteiger partial charge in [-0.3, -0.25) is 4.79 Å². The molecular formula is C16H26ClN3O4S. The Bertz CT molecular complexity index is 737. The molecule has 1 heterocycles. The Hall–Kier alpha value is -1.19. The van der Waals surface area contributed by atoms with E-state index in [9.17, 15) is 13.2 Å². The Labute approximate surface area is 155 Å². The summed E-state index contributed by atoms with van der Waals surface area (Å²) in [6.45, 7) is 4.05. The van der Waals surface area contributed by atoms with Crippen molar-refractivity contribution < 1.29 is 17.9 Å². The van der Waals surface area contributed by atoms with E-state index in [-0.39, 0.29) is 29.3 Å². The van der Waals surface area contributed by atoms with Gasteiger partial charge in [0.1, 0.15) is 6.10 Å². The van der Waals surface area contributed by atoms with Crippen LogP contribution < -0.4 is 11.1 Å². The second-order valence-corrected chi connectivity index (χ2v) is 8.40. The first-order valence-corrected chi connectivity index (χ1v) is 9.31. The highest BCUT2D eigenvalue weighted by molar-refractivity contribution is 7.89. The predicted molar refractivity (Wildman–Crippen MR) is 99.6 cm³/mol. The summed E-state index contributed by atoms with van der Waals surface area (Å²) in [7, 11) is -0.623. The molecule has 2 rings (SSSR count). The van der Waals surface area contributed by atoms with E-state index in [2.05, 4.69) is 5.32 Å². The third-order valence-corrected chi connectivity index (χ3v) is 6.13. The number of nitrogens with one attached hydrogen (secondary N) is 1. The molecular weight excluding hydrogens is 366 g/mol. The summed E-state index contributed by atoms with van der Waals surface area (Å²) in [6, 6.07) is 3.10. The zero-order valence-electron chi connectivity index (χ0n) is 14.9. The van der Waals surface area contributed by atoms with E-state index in [1.54, 1.807) is 6.07 Å². The van der Waals surface area contributed by atoms with Crippen LogP contribution in [0, 0.1) is 13.8 Å². The normalized spacial score (nSPS) is 20.4. The van der Waals surface area contributed by atoms with Crippen molar-refractivity contribution >= 4 is 34.0 Å². The zero-order valence-corrected chi connectivity index (χ0v) is 16.5. The smallest absolute Gasteiger partial charge is 0.253 e. The number of nitrogens with zero attached hydrogens (tertiary/aromatic N) is 1. The molecule has 1 amide bonds. The third-order valence-electron chi connectivity index (χ3n) is 4.34. The zero-order chi connectivity index (χ0) is 18.1. The molecule has 1 aromatic carbocycles. The topological polar surface area (TPSA) is 102 Å². The van der Waals surface area contributed by atoms with Gasteiger partial charge in [-0.05, 0) is 49.9 Å². The number of carbonyl (C=O) groups excluding carboxylic acids is 1. The number of sulfonamides is 1. The molecule has 0 spiro atoms. The lowest BCUT2D eigenvalue weighted by molar-refractivity contribution is -0.126. The molecule has 9 heteroatoms. The van der Waals surface area contributed by atoms with Crippen molar-refractivity contribution in [3.8, 4) is 0 Å². The summed E-state index contributed by atoms with van der Waals surface area (Å²) in [5.74, 6) is -0.271. The first kappa shape index (κ1) is 21.9. The van der Waals surface area contributed by atoms with Crippen molar-refractivity contribution in [1.29, 1.82) is 0 Å². The molecule has 0 aromatic heterocycles. The van der Waals surface area contributed by atoms with Gasteiger partial charge in [0.05, 0.1) is 11.0 Å². The molecule has 3 N–H and O–H groups in total. The highest BCUT2D eigenvalue weighted by Crippen LogP contribution is 2.27. The largest absolute Gasteiger partial charge is 0.364 e. The van der Waals surface area contributed by atoms with E-state index in [4.69, 9.17) is 10.5 Å². The SMILES string of the molecule is Cc1cc(S(=O)(=O)N(C)C)cc(NC(=O)[C@@H]2CC[C@H](CN)O2)c1C.Cl. The Kier molecular flexibility index (Phi) is 7.40. The van der Waals surface area contributed by atoms with Gasteiger partial charge in [-0.25, -0.2) is 12.7 Å². The quantitative estimate of drug-likeness (QED) is 0.790. The Morgan fingerprint density at radius 1 is 1.32 bits per heavy atom. The molecule has 1 aliphatic rings. The number of halogens is 1. The molecule has 0 saturated carbocycles. The number of amides is 1. The predicted octanol–water partition coefficient (Wildman–Crippen LogP) is 1.42. The minimum atomic E-state index is -3.57. The van der Waals surface area contributed by atoms with Gasteiger partial charge in [0, 0.05) is 26.3 Å².